The number of methoxy groups -OCH3 is 1. The number of esters is 1. The van der Waals surface area contributed by atoms with Gasteiger partial charge in [-0.2, -0.15) is 0 Å². The van der Waals surface area contributed by atoms with Crippen molar-refractivity contribution in [2.75, 3.05) is 7.11 Å². The van der Waals surface area contributed by atoms with Crippen molar-refractivity contribution in [1.29, 1.82) is 0 Å². The molecule has 0 fully saturated rings. The van der Waals surface area contributed by atoms with Crippen LogP contribution in [0.25, 0.3) is 0 Å². The molecule has 0 heterocycles. The standard InChI is InChI=1S/C16H24O3/c1-9-11(3)14(18-8)12(4)10(2)13(9)15(17)19-16(5,6)7/h1-8H3. The van der Waals surface area contributed by atoms with Crippen molar-refractivity contribution in [1.82, 2.24) is 0 Å². The molecule has 0 aromatic heterocycles. The second-order valence-electron chi connectivity index (χ2n) is 5.91. The van der Waals surface area contributed by atoms with E-state index < -0.39 is 5.60 Å². The lowest BCUT2D eigenvalue weighted by atomic mass is 9.93. The van der Waals surface area contributed by atoms with Crippen LogP contribution in [-0.2, 0) is 4.74 Å². The Balaban J connectivity index is 3.42. The fraction of sp³-hybridized carbons (Fsp3) is 0.562. The molecule has 19 heavy (non-hydrogen) atoms. The number of ether oxygens (including phenoxy) is 2. The molecule has 0 bridgehead atoms. The summed E-state index contributed by atoms with van der Waals surface area (Å²) in [6, 6.07) is 0. The summed E-state index contributed by atoms with van der Waals surface area (Å²) in [6.07, 6.45) is 0. The zero-order valence-corrected chi connectivity index (χ0v) is 13.2. The third-order valence-corrected chi connectivity index (χ3v) is 3.36. The van der Waals surface area contributed by atoms with Crippen LogP contribution in [0.4, 0.5) is 0 Å². The van der Waals surface area contributed by atoms with Crippen molar-refractivity contribution in [2.24, 2.45) is 0 Å². The molecule has 0 spiro atoms. The molecule has 0 radical (unpaired) electrons. The van der Waals surface area contributed by atoms with E-state index in [9.17, 15) is 4.79 Å². The molecule has 3 nitrogen and oxygen atoms in total. The van der Waals surface area contributed by atoms with Gasteiger partial charge in [0, 0.05) is 0 Å². The van der Waals surface area contributed by atoms with Crippen LogP contribution in [-0.4, -0.2) is 18.7 Å². The number of carbonyl (C=O) groups is 1. The second kappa shape index (κ2) is 5.24. The van der Waals surface area contributed by atoms with Crippen LogP contribution in [0.15, 0.2) is 0 Å². The molecule has 3 heteroatoms. The van der Waals surface area contributed by atoms with E-state index in [1.165, 1.54) is 0 Å². The van der Waals surface area contributed by atoms with Crippen molar-refractivity contribution in [3.05, 3.63) is 27.8 Å². The van der Waals surface area contributed by atoms with Crippen LogP contribution < -0.4 is 4.74 Å². The van der Waals surface area contributed by atoms with Gasteiger partial charge in [-0.05, 0) is 70.7 Å². The van der Waals surface area contributed by atoms with E-state index in [1.807, 2.05) is 48.5 Å². The van der Waals surface area contributed by atoms with Crippen molar-refractivity contribution < 1.29 is 14.3 Å². The summed E-state index contributed by atoms with van der Waals surface area (Å²) in [4.78, 5) is 12.3. The fourth-order valence-corrected chi connectivity index (χ4v) is 2.22. The highest BCUT2D eigenvalue weighted by Gasteiger charge is 2.24. The summed E-state index contributed by atoms with van der Waals surface area (Å²) in [7, 11) is 1.65. The van der Waals surface area contributed by atoms with Gasteiger partial charge in [-0.1, -0.05) is 0 Å². The summed E-state index contributed by atoms with van der Waals surface area (Å²) < 4.78 is 10.9. The zero-order chi connectivity index (χ0) is 15.0. The van der Waals surface area contributed by atoms with Gasteiger partial charge in [0.1, 0.15) is 11.4 Å². The normalized spacial score (nSPS) is 11.4. The smallest absolute Gasteiger partial charge is 0.339 e. The quantitative estimate of drug-likeness (QED) is 0.760. The molecule has 106 valence electrons. The summed E-state index contributed by atoms with van der Waals surface area (Å²) >= 11 is 0. The lowest BCUT2D eigenvalue weighted by molar-refractivity contribution is 0.00677. The number of benzene rings is 1. The van der Waals surface area contributed by atoms with Crippen molar-refractivity contribution in [3.63, 3.8) is 0 Å². The average Bonchev–Trinajstić information content (AvgIpc) is 2.25. The molecule has 0 N–H and O–H groups in total. The maximum Gasteiger partial charge on any atom is 0.339 e. The molecule has 1 rings (SSSR count). The first-order valence-electron chi connectivity index (χ1n) is 6.47. The van der Waals surface area contributed by atoms with Crippen LogP contribution >= 0.6 is 0 Å². The molecular formula is C16H24O3. The summed E-state index contributed by atoms with van der Waals surface area (Å²) in [5, 5.41) is 0. The SMILES string of the molecule is COc1c(C)c(C)c(C(=O)OC(C)(C)C)c(C)c1C. The third-order valence-electron chi connectivity index (χ3n) is 3.36. The minimum Gasteiger partial charge on any atom is -0.496 e. The molecule has 0 amide bonds. The molecule has 0 saturated heterocycles. The fourth-order valence-electron chi connectivity index (χ4n) is 2.22. The molecule has 0 saturated carbocycles. The van der Waals surface area contributed by atoms with Gasteiger partial charge in [-0.25, -0.2) is 4.79 Å². The summed E-state index contributed by atoms with van der Waals surface area (Å²) in [5.41, 5.74) is 4.00. The van der Waals surface area contributed by atoms with E-state index >= 15 is 0 Å². The number of hydrogen-bond donors (Lipinski definition) is 0. The molecule has 0 aliphatic rings. The van der Waals surface area contributed by atoms with Crippen molar-refractivity contribution >= 4 is 5.97 Å². The second-order valence-corrected chi connectivity index (χ2v) is 5.91. The molecule has 0 atom stereocenters. The first-order valence-corrected chi connectivity index (χ1v) is 6.47. The van der Waals surface area contributed by atoms with E-state index in [4.69, 9.17) is 9.47 Å². The minimum atomic E-state index is -0.488. The van der Waals surface area contributed by atoms with E-state index in [2.05, 4.69) is 0 Å². The Morgan fingerprint density at radius 2 is 1.32 bits per heavy atom. The molecule has 0 aliphatic heterocycles. The van der Waals surface area contributed by atoms with Gasteiger partial charge in [-0.15, -0.1) is 0 Å². The van der Waals surface area contributed by atoms with Crippen LogP contribution in [0, 0.1) is 27.7 Å². The molecule has 0 aliphatic carbocycles. The van der Waals surface area contributed by atoms with E-state index in [1.54, 1.807) is 7.11 Å². The van der Waals surface area contributed by atoms with Crippen LogP contribution in [0.5, 0.6) is 5.75 Å². The van der Waals surface area contributed by atoms with Gasteiger partial charge in [0.15, 0.2) is 0 Å². The number of rotatable bonds is 2. The number of hydrogen-bond acceptors (Lipinski definition) is 3. The topological polar surface area (TPSA) is 35.5 Å². The summed E-state index contributed by atoms with van der Waals surface area (Å²) in [5.74, 6) is 0.582. The Kier molecular flexibility index (Phi) is 4.28. The summed E-state index contributed by atoms with van der Waals surface area (Å²) in [6.45, 7) is 13.4. The Bertz CT molecular complexity index is 479. The predicted octanol–water partition coefficient (Wildman–Crippen LogP) is 3.88. The van der Waals surface area contributed by atoms with Crippen molar-refractivity contribution in [3.8, 4) is 5.75 Å². The molecule has 0 unspecified atom stereocenters. The van der Waals surface area contributed by atoms with Gasteiger partial charge < -0.3 is 9.47 Å². The molecular weight excluding hydrogens is 240 g/mol. The van der Waals surface area contributed by atoms with Gasteiger partial charge in [-0.3, -0.25) is 0 Å². The van der Waals surface area contributed by atoms with E-state index in [0.717, 1.165) is 28.0 Å². The van der Waals surface area contributed by atoms with Gasteiger partial charge in [0.25, 0.3) is 0 Å². The first kappa shape index (κ1) is 15.5. The third kappa shape index (κ3) is 3.09. The van der Waals surface area contributed by atoms with Crippen LogP contribution in [0.2, 0.25) is 0 Å². The minimum absolute atomic E-state index is 0.267. The van der Waals surface area contributed by atoms with Gasteiger partial charge >= 0.3 is 5.97 Å². The van der Waals surface area contributed by atoms with Gasteiger partial charge in [0.05, 0.1) is 12.7 Å². The highest BCUT2D eigenvalue weighted by Crippen LogP contribution is 2.33. The first-order chi connectivity index (χ1) is 8.60. The Morgan fingerprint density at radius 1 is 0.895 bits per heavy atom. The lowest BCUT2D eigenvalue weighted by Crippen LogP contribution is -2.25. The van der Waals surface area contributed by atoms with E-state index in [-0.39, 0.29) is 5.97 Å². The zero-order valence-electron chi connectivity index (χ0n) is 13.2. The lowest BCUT2D eigenvalue weighted by Gasteiger charge is -2.23. The Labute approximate surface area is 115 Å². The highest BCUT2D eigenvalue weighted by atomic mass is 16.6. The van der Waals surface area contributed by atoms with E-state index in [0.29, 0.717) is 5.56 Å². The van der Waals surface area contributed by atoms with Crippen LogP contribution in [0.1, 0.15) is 53.4 Å². The maximum absolute atomic E-state index is 12.3. The largest absolute Gasteiger partial charge is 0.496 e. The van der Waals surface area contributed by atoms with Crippen molar-refractivity contribution in [2.45, 2.75) is 54.1 Å². The maximum atomic E-state index is 12.3. The Morgan fingerprint density at radius 3 is 1.63 bits per heavy atom. The molecule has 1 aromatic rings. The monoisotopic (exact) mass is 264 g/mol. The van der Waals surface area contributed by atoms with Gasteiger partial charge in [0.2, 0.25) is 0 Å². The highest BCUT2D eigenvalue weighted by molar-refractivity contribution is 5.94. The number of carbonyl (C=O) groups excluding carboxylic acids is 1. The average molecular weight is 264 g/mol. The predicted molar refractivity (Wildman–Crippen MR) is 77.1 cm³/mol. The Hall–Kier alpha value is -1.51. The van der Waals surface area contributed by atoms with Crippen LogP contribution in [0.3, 0.4) is 0 Å². The molecule has 1 aromatic carbocycles.